The maximum atomic E-state index is 12.9. The van der Waals surface area contributed by atoms with E-state index < -0.39 is 0 Å². The van der Waals surface area contributed by atoms with Gasteiger partial charge in [-0.1, -0.05) is 6.07 Å². The SMILES string of the molecule is Cc1cc(N)n(CC(=O)N2C[C@H]3CC[C@@H]2CN(Cc2cccnc2)C3)n1. The molecule has 0 unspecified atom stereocenters. The van der Waals surface area contributed by atoms with Crippen LogP contribution in [0.3, 0.4) is 0 Å². The van der Waals surface area contributed by atoms with E-state index in [2.05, 4.69) is 25.9 Å². The van der Waals surface area contributed by atoms with E-state index in [0.717, 1.165) is 38.3 Å². The average Bonchev–Trinajstić information content (AvgIpc) is 2.78. The van der Waals surface area contributed by atoms with Crippen molar-refractivity contribution in [2.45, 2.75) is 38.9 Å². The first-order chi connectivity index (χ1) is 12.6. The number of carbonyl (C=O) groups excluding carboxylic acids is 1. The minimum Gasteiger partial charge on any atom is -0.384 e. The van der Waals surface area contributed by atoms with Crippen LogP contribution in [0.4, 0.5) is 5.82 Å². The summed E-state index contributed by atoms with van der Waals surface area (Å²) >= 11 is 0. The zero-order valence-corrected chi connectivity index (χ0v) is 15.2. The summed E-state index contributed by atoms with van der Waals surface area (Å²) in [6.45, 7) is 5.82. The van der Waals surface area contributed by atoms with Crippen molar-refractivity contribution in [3.63, 3.8) is 0 Å². The lowest BCUT2D eigenvalue weighted by atomic mass is 9.95. The fourth-order valence-corrected chi connectivity index (χ4v) is 4.27. The third-order valence-corrected chi connectivity index (χ3v) is 5.46. The predicted octanol–water partition coefficient (Wildman–Crippen LogP) is 1.29. The van der Waals surface area contributed by atoms with Gasteiger partial charge in [-0.2, -0.15) is 5.10 Å². The van der Waals surface area contributed by atoms with E-state index in [-0.39, 0.29) is 18.5 Å². The third kappa shape index (κ3) is 3.58. The summed E-state index contributed by atoms with van der Waals surface area (Å²) in [5.74, 6) is 1.21. The second-order valence-electron chi connectivity index (χ2n) is 7.57. The highest BCUT2D eigenvalue weighted by atomic mass is 16.2. The van der Waals surface area contributed by atoms with Gasteiger partial charge in [0.15, 0.2) is 0 Å². The molecule has 0 saturated carbocycles. The quantitative estimate of drug-likeness (QED) is 0.895. The molecule has 2 N–H and O–H groups in total. The van der Waals surface area contributed by atoms with Crippen LogP contribution < -0.4 is 5.73 Å². The van der Waals surface area contributed by atoms with Crippen LogP contribution in [0.15, 0.2) is 30.6 Å². The number of hydrogen-bond acceptors (Lipinski definition) is 5. The first-order valence-corrected chi connectivity index (χ1v) is 9.29. The summed E-state index contributed by atoms with van der Waals surface area (Å²) in [6.07, 6.45) is 6.01. The molecule has 2 atom stereocenters. The van der Waals surface area contributed by atoms with E-state index in [9.17, 15) is 4.79 Å². The van der Waals surface area contributed by atoms with Gasteiger partial charge < -0.3 is 10.6 Å². The molecule has 5 heterocycles. The Balaban J connectivity index is 1.44. The molecule has 0 spiro atoms. The molecule has 2 bridgehead atoms. The Hall–Kier alpha value is -2.41. The molecule has 26 heavy (non-hydrogen) atoms. The van der Waals surface area contributed by atoms with E-state index in [0.29, 0.717) is 11.7 Å². The molecule has 3 aliphatic heterocycles. The molecule has 3 saturated heterocycles. The van der Waals surface area contributed by atoms with Crippen LogP contribution in [-0.4, -0.2) is 56.1 Å². The molecule has 7 heteroatoms. The largest absolute Gasteiger partial charge is 0.384 e. The summed E-state index contributed by atoms with van der Waals surface area (Å²) in [5.41, 5.74) is 8.02. The van der Waals surface area contributed by atoms with Gasteiger partial charge in [0.1, 0.15) is 12.4 Å². The predicted molar refractivity (Wildman–Crippen MR) is 99.1 cm³/mol. The van der Waals surface area contributed by atoms with Crippen molar-refractivity contribution in [2.75, 3.05) is 25.4 Å². The van der Waals surface area contributed by atoms with E-state index in [4.69, 9.17) is 5.73 Å². The Morgan fingerprint density at radius 1 is 1.31 bits per heavy atom. The number of nitrogens with zero attached hydrogens (tertiary/aromatic N) is 5. The number of anilines is 1. The molecular weight excluding hydrogens is 328 g/mol. The van der Waals surface area contributed by atoms with Crippen molar-refractivity contribution in [1.29, 1.82) is 0 Å². The Labute approximate surface area is 153 Å². The van der Waals surface area contributed by atoms with Crippen molar-refractivity contribution in [3.8, 4) is 0 Å². The van der Waals surface area contributed by atoms with Gasteiger partial charge in [-0.3, -0.25) is 14.7 Å². The Morgan fingerprint density at radius 2 is 2.19 bits per heavy atom. The molecule has 2 aromatic rings. The number of nitrogen functional groups attached to an aromatic ring is 1. The molecular formula is C19H26N6O. The van der Waals surface area contributed by atoms with Crippen LogP contribution in [0.25, 0.3) is 0 Å². The number of rotatable bonds is 4. The van der Waals surface area contributed by atoms with E-state index in [1.54, 1.807) is 16.9 Å². The first-order valence-electron chi connectivity index (χ1n) is 9.29. The monoisotopic (exact) mass is 354 g/mol. The Bertz CT molecular complexity index is 774. The highest BCUT2D eigenvalue weighted by Gasteiger charge is 2.37. The summed E-state index contributed by atoms with van der Waals surface area (Å²) in [6, 6.07) is 6.17. The molecule has 3 aliphatic rings. The number of piperidine rings is 1. The van der Waals surface area contributed by atoms with Crippen LogP contribution in [0.2, 0.25) is 0 Å². The van der Waals surface area contributed by atoms with Gasteiger partial charge in [-0.15, -0.1) is 0 Å². The Morgan fingerprint density at radius 3 is 2.92 bits per heavy atom. The van der Waals surface area contributed by atoms with Crippen molar-refractivity contribution >= 4 is 11.7 Å². The molecule has 2 aromatic heterocycles. The summed E-state index contributed by atoms with van der Waals surface area (Å²) in [5, 5.41) is 4.33. The number of aromatic nitrogens is 3. The third-order valence-electron chi connectivity index (χ3n) is 5.46. The molecule has 1 amide bonds. The van der Waals surface area contributed by atoms with E-state index in [1.807, 2.05) is 19.2 Å². The molecule has 7 nitrogen and oxygen atoms in total. The minimum atomic E-state index is 0.123. The number of aryl methyl sites for hydroxylation is 1. The zero-order valence-electron chi connectivity index (χ0n) is 15.2. The number of pyridine rings is 1. The molecule has 3 fully saturated rings. The van der Waals surface area contributed by atoms with Gasteiger partial charge in [0.05, 0.1) is 5.69 Å². The molecule has 0 aliphatic carbocycles. The average molecular weight is 354 g/mol. The molecule has 0 aromatic carbocycles. The minimum absolute atomic E-state index is 0.123. The van der Waals surface area contributed by atoms with E-state index >= 15 is 0 Å². The second kappa shape index (κ2) is 7.07. The standard InChI is InChI=1S/C19H26N6O/c1-14-7-18(20)25(22-14)13-19(26)24-11-16-4-5-17(24)12-23(10-16)9-15-3-2-6-21-8-15/h2-3,6-8,16-17H,4-5,9-13,20H2,1H3/t16-,17+/m0/s1. The fraction of sp³-hybridized carbons (Fsp3) is 0.526. The smallest absolute Gasteiger partial charge is 0.244 e. The maximum Gasteiger partial charge on any atom is 0.244 e. The lowest BCUT2D eigenvalue weighted by molar-refractivity contribution is -0.136. The van der Waals surface area contributed by atoms with Crippen molar-refractivity contribution < 1.29 is 4.79 Å². The van der Waals surface area contributed by atoms with Crippen molar-refractivity contribution in [1.82, 2.24) is 24.6 Å². The summed E-state index contributed by atoms with van der Waals surface area (Å²) < 4.78 is 1.61. The fourth-order valence-electron chi connectivity index (χ4n) is 4.27. The van der Waals surface area contributed by atoms with Gasteiger partial charge >= 0.3 is 0 Å². The zero-order chi connectivity index (χ0) is 18.1. The molecule has 5 rings (SSSR count). The lowest BCUT2D eigenvalue weighted by Crippen LogP contribution is -2.48. The van der Waals surface area contributed by atoms with Gasteiger partial charge in [0.2, 0.25) is 5.91 Å². The molecule has 138 valence electrons. The van der Waals surface area contributed by atoms with Gasteiger partial charge in [-0.05, 0) is 37.3 Å². The van der Waals surface area contributed by atoms with Crippen LogP contribution in [0, 0.1) is 12.8 Å². The summed E-state index contributed by atoms with van der Waals surface area (Å²) in [7, 11) is 0. The van der Waals surface area contributed by atoms with Crippen LogP contribution in [0.5, 0.6) is 0 Å². The van der Waals surface area contributed by atoms with Crippen molar-refractivity contribution in [2.24, 2.45) is 5.92 Å². The normalized spacial score (nSPS) is 23.2. The number of hydrogen-bond donors (Lipinski definition) is 1. The highest BCUT2D eigenvalue weighted by molar-refractivity contribution is 5.77. The van der Waals surface area contributed by atoms with Crippen LogP contribution >= 0.6 is 0 Å². The topological polar surface area (TPSA) is 80.3 Å². The second-order valence-corrected chi connectivity index (χ2v) is 7.57. The number of nitrogens with two attached hydrogens (primary N) is 1. The van der Waals surface area contributed by atoms with Crippen LogP contribution in [0.1, 0.15) is 24.1 Å². The number of carbonyl (C=O) groups is 1. The molecule has 0 radical (unpaired) electrons. The maximum absolute atomic E-state index is 12.9. The van der Waals surface area contributed by atoms with Gasteiger partial charge in [-0.25, -0.2) is 4.68 Å². The Kier molecular flexibility index (Phi) is 4.63. The number of fused-ring (bicyclic) bond motifs is 4. The van der Waals surface area contributed by atoms with Crippen molar-refractivity contribution in [3.05, 3.63) is 41.9 Å². The highest BCUT2D eigenvalue weighted by Crippen LogP contribution is 2.29. The van der Waals surface area contributed by atoms with Gasteiger partial charge in [0.25, 0.3) is 0 Å². The van der Waals surface area contributed by atoms with E-state index in [1.165, 1.54) is 12.0 Å². The summed E-state index contributed by atoms with van der Waals surface area (Å²) in [4.78, 5) is 21.7. The lowest BCUT2D eigenvalue weighted by Gasteiger charge is -2.36. The van der Waals surface area contributed by atoms with Crippen LogP contribution in [-0.2, 0) is 17.9 Å². The number of amides is 1. The van der Waals surface area contributed by atoms with Gasteiger partial charge in [0, 0.05) is 50.7 Å². The first kappa shape index (κ1) is 17.0.